The quantitative estimate of drug-likeness (QED) is 0.468. The van der Waals surface area contributed by atoms with Crippen molar-refractivity contribution in [2.24, 2.45) is 0 Å². The summed E-state index contributed by atoms with van der Waals surface area (Å²) in [6.07, 6.45) is 0.940. The molecule has 0 spiro atoms. The van der Waals surface area contributed by atoms with Crippen molar-refractivity contribution in [3.05, 3.63) is 54.1 Å². The van der Waals surface area contributed by atoms with Gasteiger partial charge in [0.15, 0.2) is 5.13 Å². The number of hydrogen-bond donors (Lipinski definition) is 0. The van der Waals surface area contributed by atoms with Gasteiger partial charge in [-0.2, -0.15) is 0 Å². The van der Waals surface area contributed by atoms with Crippen LogP contribution in [0.2, 0.25) is 0 Å². The molecule has 3 aromatic rings. The highest BCUT2D eigenvalue weighted by molar-refractivity contribution is 8.00. The first kappa shape index (κ1) is 22.7. The molecule has 28 heavy (non-hydrogen) atoms. The zero-order valence-corrected chi connectivity index (χ0v) is 18.9. The van der Waals surface area contributed by atoms with Crippen molar-refractivity contribution >= 4 is 56.8 Å². The largest absolute Gasteiger partial charge is 0.308 e. The highest BCUT2D eigenvalue weighted by Crippen LogP contribution is 2.31. The number of carbonyl (C=O) groups excluding carboxylic acids is 1. The van der Waals surface area contributed by atoms with E-state index in [1.54, 1.807) is 23.1 Å². The zero-order valence-electron chi connectivity index (χ0n) is 16.4. The van der Waals surface area contributed by atoms with Crippen molar-refractivity contribution in [2.45, 2.75) is 18.2 Å². The third-order valence-electron chi connectivity index (χ3n) is 4.28. The minimum atomic E-state index is 0. The van der Waals surface area contributed by atoms with E-state index in [-0.39, 0.29) is 18.3 Å². The van der Waals surface area contributed by atoms with Crippen LogP contribution in [0.5, 0.6) is 0 Å². The predicted molar refractivity (Wildman–Crippen MR) is 124 cm³/mol. The van der Waals surface area contributed by atoms with Crippen molar-refractivity contribution in [1.82, 2.24) is 9.88 Å². The Labute approximate surface area is 181 Å². The van der Waals surface area contributed by atoms with Gasteiger partial charge < -0.3 is 4.90 Å². The van der Waals surface area contributed by atoms with E-state index in [0.29, 0.717) is 12.3 Å². The second-order valence-electron chi connectivity index (χ2n) is 6.56. The molecule has 0 aliphatic heterocycles. The Kier molecular flexibility index (Phi) is 8.76. The van der Waals surface area contributed by atoms with Gasteiger partial charge in [-0.1, -0.05) is 48.6 Å². The van der Waals surface area contributed by atoms with Crippen LogP contribution < -0.4 is 4.90 Å². The molecule has 0 fully saturated rings. The lowest BCUT2D eigenvalue weighted by molar-refractivity contribution is -0.116. The maximum atomic E-state index is 13.0. The number of hydrogen-bond acceptors (Lipinski definition) is 5. The van der Waals surface area contributed by atoms with Crippen molar-refractivity contribution in [3.8, 4) is 0 Å². The first-order valence-corrected chi connectivity index (χ1v) is 10.9. The van der Waals surface area contributed by atoms with E-state index in [1.807, 2.05) is 49.3 Å². The summed E-state index contributed by atoms with van der Waals surface area (Å²) in [4.78, 5) is 22.9. The maximum absolute atomic E-state index is 13.0. The lowest BCUT2D eigenvalue weighted by atomic mass is 10.1. The molecule has 1 amide bonds. The third kappa shape index (κ3) is 5.70. The number of likely N-dealkylation sites (N-methyl/N-ethyl adjacent to an activating group) is 1. The van der Waals surface area contributed by atoms with Crippen molar-refractivity contribution < 1.29 is 4.79 Å². The number of amides is 1. The number of fused-ring (bicyclic) bond motifs is 1. The van der Waals surface area contributed by atoms with Crippen LogP contribution in [-0.2, 0) is 11.2 Å². The minimum absolute atomic E-state index is 0. The van der Waals surface area contributed by atoms with Gasteiger partial charge in [0.1, 0.15) is 0 Å². The van der Waals surface area contributed by atoms with Crippen LogP contribution in [0.25, 0.3) is 10.2 Å². The van der Waals surface area contributed by atoms with Crippen molar-refractivity contribution in [3.63, 3.8) is 0 Å². The Hall–Kier alpha value is -1.60. The maximum Gasteiger partial charge on any atom is 0.239 e. The summed E-state index contributed by atoms with van der Waals surface area (Å²) in [5, 5.41) is 0.798. The molecule has 1 heterocycles. The van der Waals surface area contributed by atoms with Crippen LogP contribution in [0.3, 0.4) is 0 Å². The fourth-order valence-electron chi connectivity index (χ4n) is 2.76. The molecule has 0 saturated carbocycles. The Balaban J connectivity index is 0.00000280. The number of benzene rings is 2. The molecule has 0 atom stereocenters. The number of thioether (sulfide) groups is 1. The van der Waals surface area contributed by atoms with Crippen LogP contribution in [0, 0.1) is 0 Å². The third-order valence-corrected chi connectivity index (χ3v) is 6.32. The SMILES string of the molecule is CCc1cccc2sc(N(CCN(C)C)C(=O)CSc3ccccc3)nc12.Cl. The molecule has 7 heteroatoms. The Bertz CT molecular complexity index is 899. The Morgan fingerprint density at radius 3 is 2.50 bits per heavy atom. The number of para-hydroxylation sites is 1. The van der Waals surface area contributed by atoms with Crippen molar-refractivity contribution in [1.29, 1.82) is 0 Å². The van der Waals surface area contributed by atoms with E-state index in [9.17, 15) is 4.79 Å². The monoisotopic (exact) mass is 435 g/mol. The number of aryl methyl sites for hydroxylation is 1. The highest BCUT2D eigenvalue weighted by Gasteiger charge is 2.20. The van der Waals surface area contributed by atoms with E-state index in [1.165, 1.54) is 5.56 Å². The first-order valence-electron chi connectivity index (χ1n) is 9.10. The van der Waals surface area contributed by atoms with Gasteiger partial charge in [0.05, 0.1) is 16.0 Å². The molecule has 0 aliphatic rings. The summed E-state index contributed by atoms with van der Waals surface area (Å²) < 4.78 is 1.14. The summed E-state index contributed by atoms with van der Waals surface area (Å²) in [7, 11) is 4.05. The highest BCUT2D eigenvalue weighted by atomic mass is 35.5. The van der Waals surface area contributed by atoms with Gasteiger partial charge in [-0.3, -0.25) is 9.69 Å². The standard InChI is InChI=1S/C21H25N3OS2.ClH/c1-4-16-9-8-12-18-20(16)22-21(27-18)24(14-13-23(2)3)19(25)15-26-17-10-6-5-7-11-17;/h5-12H,4,13-15H2,1-3H3;1H. The fraction of sp³-hybridized carbons (Fsp3) is 0.333. The van der Waals surface area contributed by atoms with Gasteiger partial charge in [0.25, 0.3) is 0 Å². The molecule has 2 aromatic carbocycles. The average Bonchev–Trinajstić information content (AvgIpc) is 3.11. The van der Waals surface area contributed by atoms with Gasteiger partial charge in [0.2, 0.25) is 5.91 Å². The van der Waals surface area contributed by atoms with Gasteiger partial charge in [0, 0.05) is 18.0 Å². The van der Waals surface area contributed by atoms with E-state index in [0.717, 1.165) is 33.2 Å². The molecule has 0 radical (unpaired) electrons. The summed E-state index contributed by atoms with van der Waals surface area (Å²) >= 11 is 3.18. The molecule has 0 aliphatic carbocycles. The Morgan fingerprint density at radius 1 is 1.07 bits per heavy atom. The average molecular weight is 436 g/mol. The predicted octanol–water partition coefficient (Wildman–Crippen LogP) is 4.97. The number of nitrogens with zero attached hydrogens (tertiary/aromatic N) is 3. The first-order chi connectivity index (χ1) is 13.1. The molecule has 1 aromatic heterocycles. The molecule has 150 valence electrons. The van der Waals surface area contributed by atoms with Crippen LogP contribution in [-0.4, -0.2) is 48.7 Å². The lowest BCUT2D eigenvalue weighted by Gasteiger charge is -2.21. The number of anilines is 1. The van der Waals surface area contributed by atoms with Gasteiger partial charge in [-0.05, 0) is 44.3 Å². The van der Waals surface area contributed by atoms with E-state index in [4.69, 9.17) is 4.98 Å². The molecule has 4 nitrogen and oxygen atoms in total. The number of halogens is 1. The zero-order chi connectivity index (χ0) is 19.2. The normalized spacial score (nSPS) is 10.9. The number of aromatic nitrogens is 1. The van der Waals surface area contributed by atoms with E-state index in [2.05, 4.69) is 30.0 Å². The summed E-state index contributed by atoms with van der Waals surface area (Å²) in [6.45, 7) is 3.58. The molecule has 0 N–H and O–H groups in total. The summed E-state index contributed by atoms with van der Waals surface area (Å²) in [5.74, 6) is 0.511. The van der Waals surface area contributed by atoms with Crippen LogP contribution in [0.15, 0.2) is 53.4 Å². The van der Waals surface area contributed by atoms with E-state index >= 15 is 0 Å². The minimum Gasteiger partial charge on any atom is -0.308 e. The number of rotatable bonds is 8. The van der Waals surface area contributed by atoms with E-state index < -0.39 is 0 Å². The fourth-order valence-corrected chi connectivity index (χ4v) is 4.61. The van der Waals surface area contributed by atoms with Crippen LogP contribution >= 0.6 is 35.5 Å². The van der Waals surface area contributed by atoms with Crippen LogP contribution in [0.1, 0.15) is 12.5 Å². The van der Waals surface area contributed by atoms with Crippen molar-refractivity contribution in [2.75, 3.05) is 37.8 Å². The number of thiazole rings is 1. The number of carbonyl (C=O) groups is 1. The van der Waals surface area contributed by atoms with Crippen LogP contribution in [0.4, 0.5) is 5.13 Å². The second-order valence-corrected chi connectivity index (χ2v) is 8.62. The van der Waals surface area contributed by atoms with Gasteiger partial charge in [-0.25, -0.2) is 4.98 Å². The van der Waals surface area contributed by atoms with Gasteiger partial charge >= 0.3 is 0 Å². The summed E-state index contributed by atoms with van der Waals surface area (Å²) in [5.41, 5.74) is 2.26. The smallest absolute Gasteiger partial charge is 0.239 e. The Morgan fingerprint density at radius 2 is 1.82 bits per heavy atom. The summed E-state index contributed by atoms with van der Waals surface area (Å²) in [6, 6.07) is 16.3. The molecule has 0 bridgehead atoms. The second kappa shape index (κ2) is 10.8. The molecular formula is C21H26ClN3OS2. The van der Waals surface area contributed by atoms with Gasteiger partial charge in [-0.15, -0.1) is 24.2 Å². The lowest BCUT2D eigenvalue weighted by Crippen LogP contribution is -2.37. The molecule has 0 unspecified atom stereocenters. The topological polar surface area (TPSA) is 36.4 Å². The molecular weight excluding hydrogens is 410 g/mol. The molecule has 0 saturated heterocycles. The molecule has 3 rings (SSSR count).